The lowest BCUT2D eigenvalue weighted by Crippen LogP contribution is -2.33. The van der Waals surface area contributed by atoms with Crippen molar-refractivity contribution in [1.29, 1.82) is 0 Å². The quantitative estimate of drug-likeness (QED) is 0.848. The Labute approximate surface area is 119 Å². The molecule has 0 bridgehead atoms. The second-order valence-corrected chi connectivity index (χ2v) is 6.19. The van der Waals surface area contributed by atoms with E-state index < -0.39 is 0 Å². The monoisotopic (exact) mass is 310 g/mol. The van der Waals surface area contributed by atoms with E-state index >= 15 is 0 Å². The van der Waals surface area contributed by atoms with Gasteiger partial charge in [-0.05, 0) is 49.6 Å². The van der Waals surface area contributed by atoms with Crippen molar-refractivity contribution < 1.29 is 0 Å². The van der Waals surface area contributed by atoms with Gasteiger partial charge in [0.05, 0.1) is 0 Å². The van der Waals surface area contributed by atoms with Gasteiger partial charge in [0.15, 0.2) is 0 Å². The Balaban J connectivity index is 2.09. The van der Waals surface area contributed by atoms with Gasteiger partial charge in [-0.3, -0.25) is 4.90 Å². The average Bonchev–Trinajstić information content (AvgIpc) is 2.52. The summed E-state index contributed by atoms with van der Waals surface area (Å²) in [5.41, 5.74) is 8.08. The van der Waals surface area contributed by atoms with Crippen LogP contribution in [0.25, 0.3) is 0 Å². The lowest BCUT2D eigenvalue weighted by molar-refractivity contribution is 0.186. The summed E-state index contributed by atoms with van der Waals surface area (Å²) < 4.78 is 1.08. The first-order chi connectivity index (χ1) is 8.69. The van der Waals surface area contributed by atoms with Crippen LogP contribution in [-0.2, 0) is 6.54 Å². The molecule has 1 aliphatic heterocycles. The summed E-state index contributed by atoms with van der Waals surface area (Å²) in [7, 11) is 0. The van der Waals surface area contributed by atoms with Crippen LogP contribution in [0.2, 0.25) is 0 Å². The molecule has 1 aromatic carbocycles. The predicted molar refractivity (Wildman–Crippen MR) is 81.5 cm³/mol. The van der Waals surface area contributed by atoms with Crippen LogP contribution in [0.5, 0.6) is 0 Å². The van der Waals surface area contributed by atoms with E-state index in [9.17, 15) is 0 Å². The predicted octanol–water partition coefficient (Wildman–Crippen LogP) is 4.19. The van der Waals surface area contributed by atoms with Gasteiger partial charge < -0.3 is 5.73 Å². The summed E-state index contributed by atoms with van der Waals surface area (Å²) in [6.45, 7) is 4.56. The lowest BCUT2D eigenvalue weighted by atomic mass is 10.1. The first-order valence-corrected chi connectivity index (χ1v) is 7.77. The van der Waals surface area contributed by atoms with Gasteiger partial charge in [-0.2, -0.15) is 0 Å². The second-order valence-electron chi connectivity index (χ2n) is 5.27. The van der Waals surface area contributed by atoms with E-state index in [1.54, 1.807) is 0 Å². The van der Waals surface area contributed by atoms with Gasteiger partial charge in [-0.1, -0.05) is 35.7 Å². The Kier molecular flexibility index (Phi) is 5.07. The molecule has 1 fully saturated rings. The maximum atomic E-state index is 5.91. The zero-order valence-electron chi connectivity index (χ0n) is 11.2. The molecular weight excluding hydrogens is 288 g/mol. The summed E-state index contributed by atoms with van der Waals surface area (Å²) >= 11 is 3.53. The highest BCUT2D eigenvalue weighted by Crippen LogP contribution is 2.24. The molecule has 1 aliphatic rings. The Hall–Kier alpha value is -0.540. The highest BCUT2D eigenvalue weighted by Gasteiger charge is 2.19. The van der Waals surface area contributed by atoms with Gasteiger partial charge in [0.25, 0.3) is 0 Å². The van der Waals surface area contributed by atoms with Gasteiger partial charge >= 0.3 is 0 Å². The van der Waals surface area contributed by atoms with E-state index in [4.69, 9.17) is 5.73 Å². The lowest BCUT2D eigenvalue weighted by Gasteiger charge is -2.29. The van der Waals surface area contributed by atoms with Crippen LogP contribution in [-0.4, -0.2) is 17.5 Å². The van der Waals surface area contributed by atoms with Crippen molar-refractivity contribution in [3.05, 3.63) is 28.2 Å². The van der Waals surface area contributed by atoms with E-state index in [0.29, 0.717) is 0 Å². The SMILES string of the molecule is CCC1CCCCCN1Cc1cc(N)cc(Br)c1. The molecule has 100 valence electrons. The van der Waals surface area contributed by atoms with Crippen molar-refractivity contribution >= 4 is 21.6 Å². The minimum Gasteiger partial charge on any atom is -0.399 e. The summed E-state index contributed by atoms with van der Waals surface area (Å²) in [5.74, 6) is 0. The molecule has 1 saturated heterocycles. The van der Waals surface area contributed by atoms with Crippen LogP contribution in [0.4, 0.5) is 5.69 Å². The Morgan fingerprint density at radius 1 is 1.28 bits per heavy atom. The molecular formula is C15H23BrN2. The van der Waals surface area contributed by atoms with Crippen LogP contribution in [0.1, 0.15) is 44.6 Å². The minimum atomic E-state index is 0.743. The molecule has 0 aromatic heterocycles. The fourth-order valence-corrected chi connectivity index (χ4v) is 3.47. The van der Waals surface area contributed by atoms with Crippen LogP contribution in [0.3, 0.4) is 0 Å². The van der Waals surface area contributed by atoms with Gasteiger partial charge in [0, 0.05) is 22.7 Å². The normalized spacial score (nSPS) is 21.8. The molecule has 1 unspecified atom stereocenters. The average molecular weight is 311 g/mol. The van der Waals surface area contributed by atoms with Gasteiger partial charge in [-0.25, -0.2) is 0 Å². The van der Waals surface area contributed by atoms with Crippen molar-refractivity contribution in [1.82, 2.24) is 4.90 Å². The molecule has 3 heteroatoms. The van der Waals surface area contributed by atoms with E-state index in [0.717, 1.165) is 22.7 Å². The highest BCUT2D eigenvalue weighted by molar-refractivity contribution is 9.10. The molecule has 2 nitrogen and oxygen atoms in total. The number of benzene rings is 1. The Morgan fingerprint density at radius 3 is 2.83 bits per heavy atom. The first-order valence-electron chi connectivity index (χ1n) is 6.98. The van der Waals surface area contributed by atoms with Crippen LogP contribution in [0.15, 0.2) is 22.7 Å². The number of anilines is 1. The minimum absolute atomic E-state index is 0.743. The van der Waals surface area contributed by atoms with Gasteiger partial charge in [0.2, 0.25) is 0 Å². The molecule has 0 radical (unpaired) electrons. The third kappa shape index (κ3) is 3.72. The van der Waals surface area contributed by atoms with E-state index in [1.807, 2.05) is 6.07 Å². The van der Waals surface area contributed by atoms with E-state index in [-0.39, 0.29) is 0 Å². The standard InChI is InChI=1S/C15H23BrN2/c1-2-15-6-4-3-5-7-18(15)11-12-8-13(16)10-14(17)9-12/h8-10,15H,2-7,11,17H2,1H3. The van der Waals surface area contributed by atoms with Crippen molar-refractivity contribution in [2.45, 2.75) is 51.6 Å². The molecule has 0 amide bonds. The molecule has 0 aliphatic carbocycles. The van der Waals surface area contributed by atoms with Crippen LogP contribution < -0.4 is 5.73 Å². The van der Waals surface area contributed by atoms with Gasteiger partial charge in [0.1, 0.15) is 0 Å². The second kappa shape index (κ2) is 6.58. The number of hydrogen-bond donors (Lipinski definition) is 1. The zero-order chi connectivity index (χ0) is 13.0. The topological polar surface area (TPSA) is 29.3 Å². The van der Waals surface area contributed by atoms with Crippen molar-refractivity contribution in [2.75, 3.05) is 12.3 Å². The molecule has 1 atom stereocenters. The zero-order valence-corrected chi connectivity index (χ0v) is 12.7. The largest absolute Gasteiger partial charge is 0.399 e. The summed E-state index contributed by atoms with van der Waals surface area (Å²) in [4.78, 5) is 2.63. The van der Waals surface area contributed by atoms with E-state index in [1.165, 1.54) is 44.2 Å². The number of hydrogen-bond acceptors (Lipinski definition) is 2. The number of nitrogens with zero attached hydrogens (tertiary/aromatic N) is 1. The van der Waals surface area contributed by atoms with Gasteiger partial charge in [-0.15, -0.1) is 0 Å². The number of likely N-dealkylation sites (tertiary alicyclic amines) is 1. The molecule has 0 spiro atoms. The maximum absolute atomic E-state index is 5.91. The van der Waals surface area contributed by atoms with Crippen molar-refractivity contribution in [2.24, 2.45) is 0 Å². The number of nitrogens with two attached hydrogens (primary N) is 1. The van der Waals surface area contributed by atoms with Crippen LogP contribution >= 0.6 is 15.9 Å². The smallest absolute Gasteiger partial charge is 0.0328 e. The van der Waals surface area contributed by atoms with Crippen molar-refractivity contribution in [3.63, 3.8) is 0 Å². The molecule has 2 N–H and O–H groups in total. The van der Waals surface area contributed by atoms with Crippen LogP contribution in [0, 0.1) is 0 Å². The summed E-state index contributed by atoms with van der Waals surface area (Å²) in [5, 5.41) is 0. The number of rotatable bonds is 3. The molecule has 2 rings (SSSR count). The first kappa shape index (κ1) is 13.9. The van der Waals surface area contributed by atoms with Crippen molar-refractivity contribution in [3.8, 4) is 0 Å². The number of nitrogen functional groups attached to an aromatic ring is 1. The third-order valence-electron chi connectivity index (χ3n) is 3.84. The van der Waals surface area contributed by atoms with E-state index in [2.05, 4.69) is 39.9 Å². The molecule has 1 aromatic rings. The summed E-state index contributed by atoms with van der Waals surface area (Å²) in [6.07, 6.45) is 6.70. The Morgan fingerprint density at radius 2 is 2.11 bits per heavy atom. The number of halogens is 1. The fourth-order valence-electron chi connectivity index (χ4n) is 2.91. The maximum Gasteiger partial charge on any atom is 0.0328 e. The Bertz CT molecular complexity index is 372. The molecule has 18 heavy (non-hydrogen) atoms. The summed E-state index contributed by atoms with van der Waals surface area (Å²) in [6, 6.07) is 6.99. The highest BCUT2D eigenvalue weighted by atomic mass is 79.9. The molecule has 0 saturated carbocycles. The third-order valence-corrected chi connectivity index (χ3v) is 4.29. The fraction of sp³-hybridized carbons (Fsp3) is 0.600. The molecule has 1 heterocycles.